The Labute approximate surface area is 86.7 Å². The predicted molar refractivity (Wildman–Crippen MR) is 58.1 cm³/mol. The van der Waals surface area contributed by atoms with Crippen LogP contribution in [0.2, 0.25) is 0 Å². The summed E-state index contributed by atoms with van der Waals surface area (Å²) in [6.45, 7) is 7.45. The van der Waals surface area contributed by atoms with Gasteiger partial charge in [0.2, 0.25) is 0 Å². The van der Waals surface area contributed by atoms with Crippen molar-refractivity contribution in [1.29, 1.82) is 0 Å². The molecule has 0 aliphatic rings. The van der Waals surface area contributed by atoms with Gasteiger partial charge in [-0.1, -0.05) is 6.92 Å². The van der Waals surface area contributed by atoms with Gasteiger partial charge in [-0.25, -0.2) is 0 Å². The summed E-state index contributed by atoms with van der Waals surface area (Å²) in [6, 6.07) is 0.317. The average Bonchev–Trinajstić information content (AvgIpc) is 2.16. The highest BCUT2D eigenvalue weighted by molar-refractivity contribution is 4.71. The van der Waals surface area contributed by atoms with Crippen molar-refractivity contribution < 1.29 is 10.2 Å². The first-order chi connectivity index (χ1) is 6.51. The molecule has 0 radical (unpaired) electrons. The highest BCUT2D eigenvalue weighted by atomic mass is 16.3. The second-order valence-corrected chi connectivity index (χ2v) is 4.00. The van der Waals surface area contributed by atoms with E-state index in [0.717, 1.165) is 6.42 Å². The first-order valence-electron chi connectivity index (χ1n) is 5.31. The molecule has 0 saturated carbocycles. The first kappa shape index (κ1) is 13.8. The van der Waals surface area contributed by atoms with Crippen LogP contribution in [0.25, 0.3) is 0 Å². The number of aliphatic hydroxyl groups excluding tert-OH is 2. The topological polar surface area (TPSA) is 69.7 Å². The van der Waals surface area contributed by atoms with Crippen LogP contribution in [0.3, 0.4) is 0 Å². The lowest BCUT2D eigenvalue weighted by molar-refractivity contribution is 0.0545. The Morgan fingerprint density at radius 1 is 1.14 bits per heavy atom. The van der Waals surface area contributed by atoms with Crippen LogP contribution in [0.5, 0.6) is 0 Å². The quantitative estimate of drug-likeness (QED) is 0.536. The molecule has 4 N–H and O–H groups in total. The first-order valence-corrected chi connectivity index (χ1v) is 5.31. The van der Waals surface area contributed by atoms with Gasteiger partial charge in [0, 0.05) is 25.7 Å². The molecular formula is C10H24N2O2. The van der Waals surface area contributed by atoms with E-state index in [4.69, 9.17) is 5.73 Å². The van der Waals surface area contributed by atoms with Crippen molar-refractivity contribution in [2.24, 2.45) is 5.73 Å². The second kappa shape index (κ2) is 7.17. The van der Waals surface area contributed by atoms with E-state index in [1.807, 2.05) is 25.7 Å². The number of rotatable bonds is 7. The van der Waals surface area contributed by atoms with E-state index >= 15 is 0 Å². The maximum Gasteiger partial charge on any atom is 0.0789 e. The van der Waals surface area contributed by atoms with Gasteiger partial charge in [-0.3, -0.25) is 4.90 Å². The van der Waals surface area contributed by atoms with Crippen molar-refractivity contribution in [2.75, 3.05) is 19.6 Å². The van der Waals surface area contributed by atoms with Gasteiger partial charge in [0.1, 0.15) is 0 Å². The third-order valence-corrected chi connectivity index (χ3v) is 2.36. The standard InChI is InChI=1S/C10H24N2O2/c1-4-9(13)6-12(8(2)3)7-10(14)5-11/h8-10,13-14H,4-7,11H2,1-3H3/t9-,10-/m1/s1. The van der Waals surface area contributed by atoms with Gasteiger partial charge in [0.15, 0.2) is 0 Å². The molecule has 0 aromatic rings. The molecule has 0 unspecified atom stereocenters. The van der Waals surface area contributed by atoms with Crippen LogP contribution in [0.1, 0.15) is 27.2 Å². The predicted octanol–water partition coefficient (Wildman–Crippen LogP) is -0.213. The molecule has 0 amide bonds. The lowest BCUT2D eigenvalue weighted by Crippen LogP contribution is -2.44. The fourth-order valence-corrected chi connectivity index (χ4v) is 1.24. The lowest BCUT2D eigenvalue weighted by Gasteiger charge is -2.30. The highest BCUT2D eigenvalue weighted by Crippen LogP contribution is 2.03. The minimum atomic E-state index is -0.499. The zero-order chi connectivity index (χ0) is 11.1. The van der Waals surface area contributed by atoms with E-state index in [0.29, 0.717) is 19.1 Å². The van der Waals surface area contributed by atoms with Crippen LogP contribution in [0, 0.1) is 0 Å². The van der Waals surface area contributed by atoms with Gasteiger partial charge in [0.05, 0.1) is 12.2 Å². The zero-order valence-corrected chi connectivity index (χ0v) is 9.48. The molecular weight excluding hydrogens is 180 g/mol. The minimum Gasteiger partial charge on any atom is -0.392 e. The summed E-state index contributed by atoms with van der Waals surface area (Å²) in [6.07, 6.45) is -0.0779. The number of nitrogens with two attached hydrogens (primary N) is 1. The number of hydrogen-bond donors (Lipinski definition) is 3. The third kappa shape index (κ3) is 5.54. The molecule has 0 bridgehead atoms. The molecule has 86 valence electrons. The Kier molecular flexibility index (Phi) is 7.09. The molecule has 0 aromatic heterocycles. The molecule has 0 heterocycles. The molecule has 0 spiro atoms. The van der Waals surface area contributed by atoms with Crippen LogP contribution in [0.15, 0.2) is 0 Å². The Morgan fingerprint density at radius 3 is 2.00 bits per heavy atom. The Bertz CT molecular complexity index is 130. The van der Waals surface area contributed by atoms with Crippen LogP contribution in [0.4, 0.5) is 0 Å². The Balaban J connectivity index is 4.02. The van der Waals surface area contributed by atoms with Gasteiger partial charge in [-0.2, -0.15) is 0 Å². The monoisotopic (exact) mass is 204 g/mol. The van der Waals surface area contributed by atoms with Crippen LogP contribution >= 0.6 is 0 Å². The van der Waals surface area contributed by atoms with Crippen molar-refractivity contribution in [3.05, 3.63) is 0 Å². The zero-order valence-electron chi connectivity index (χ0n) is 9.48. The molecule has 0 saturated heterocycles. The maximum atomic E-state index is 9.51. The maximum absolute atomic E-state index is 9.51. The molecule has 0 fully saturated rings. The van der Waals surface area contributed by atoms with E-state index < -0.39 is 6.10 Å². The summed E-state index contributed by atoms with van der Waals surface area (Å²) in [7, 11) is 0. The molecule has 4 nitrogen and oxygen atoms in total. The molecule has 0 aliphatic heterocycles. The smallest absolute Gasteiger partial charge is 0.0789 e. The summed E-state index contributed by atoms with van der Waals surface area (Å²) in [5, 5.41) is 18.9. The lowest BCUT2D eigenvalue weighted by atomic mass is 10.2. The van der Waals surface area contributed by atoms with Crippen molar-refractivity contribution >= 4 is 0 Å². The number of nitrogens with zero attached hydrogens (tertiary/aromatic N) is 1. The average molecular weight is 204 g/mol. The molecule has 14 heavy (non-hydrogen) atoms. The minimum absolute atomic E-state index is 0.269. The van der Waals surface area contributed by atoms with Crippen molar-refractivity contribution in [2.45, 2.75) is 45.4 Å². The summed E-state index contributed by atoms with van der Waals surface area (Å²) in [5.41, 5.74) is 5.34. The van der Waals surface area contributed by atoms with E-state index in [9.17, 15) is 10.2 Å². The fourth-order valence-electron chi connectivity index (χ4n) is 1.24. The number of aliphatic hydroxyl groups is 2. The normalized spacial score (nSPS) is 16.3. The van der Waals surface area contributed by atoms with Crippen LogP contribution in [-0.2, 0) is 0 Å². The molecule has 0 rings (SSSR count). The Hall–Kier alpha value is -0.160. The highest BCUT2D eigenvalue weighted by Gasteiger charge is 2.16. The molecule has 4 heteroatoms. The second-order valence-electron chi connectivity index (χ2n) is 4.00. The van der Waals surface area contributed by atoms with Gasteiger partial charge < -0.3 is 15.9 Å². The fraction of sp³-hybridized carbons (Fsp3) is 1.00. The largest absolute Gasteiger partial charge is 0.392 e. The van der Waals surface area contributed by atoms with Crippen molar-refractivity contribution in [3.63, 3.8) is 0 Å². The van der Waals surface area contributed by atoms with E-state index in [1.54, 1.807) is 0 Å². The van der Waals surface area contributed by atoms with Crippen LogP contribution < -0.4 is 5.73 Å². The van der Waals surface area contributed by atoms with E-state index in [-0.39, 0.29) is 12.6 Å². The summed E-state index contributed by atoms with van der Waals surface area (Å²) >= 11 is 0. The van der Waals surface area contributed by atoms with Gasteiger partial charge in [-0.05, 0) is 20.3 Å². The summed E-state index contributed by atoms with van der Waals surface area (Å²) < 4.78 is 0. The van der Waals surface area contributed by atoms with E-state index in [2.05, 4.69) is 0 Å². The number of hydrogen-bond acceptors (Lipinski definition) is 4. The van der Waals surface area contributed by atoms with Crippen molar-refractivity contribution in [3.8, 4) is 0 Å². The Morgan fingerprint density at radius 2 is 1.64 bits per heavy atom. The van der Waals surface area contributed by atoms with Gasteiger partial charge in [0.25, 0.3) is 0 Å². The van der Waals surface area contributed by atoms with Gasteiger partial charge in [-0.15, -0.1) is 0 Å². The summed E-state index contributed by atoms with van der Waals surface area (Å²) in [5.74, 6) is 0. The van der Waals surface area contributed by atoms with Crippen molar-refractivity contribution in [1.82, 2.24) is 4.90 Å². The summed E-state index contributed by atoms with van der Waals surface area (Å²) in [4.78, 5) is 2.05. The SMILES string of the molecule is CC[C@@H](O)CN(C[C@H](O)CN)C(C)C. The molecule has 0 aromatic carbocycles. The van der Waals surface area contributed by atoms with Crippen LogP contribution in [-0.4, -0.2) is 53.0 Å². The third-order valence-electron chi connectivity index (χ3n) is 2.36. The molecule has 2 atom stereocenters. The molecule has 0 aliphatic carbocycles. The van der Waals surface area contributed by atoms with E-state index in [1.165, 1.54) is 0 Å². The van der Waals surface area contributed by atoms with Gasteiger partial charge >= 0.3 is 0 Å².